The molecule has 2 rings (SSSR count). The van der Waals surface area contributed by atoms with Crippen molar-refractivity contribution in [1.29, 1.82) is 0 Å². The number of ether oxygens (including phenoxy) is 1. The van der Waals surface area contributed by atoms with Crippen molar-refractivity contribution in [3.05, 3.63) is 29.8 Å². The fourth-order valence-electron chi connectivity index (χ4n) is 3.05. The number of piperidine rings is 1. The Hall–Kier alpha value is -1.59. The normalized spacial score (nSPS) is 17.5. The smallest absolute Gasteiger partial charge is 0.222 e. The van der Waals surface area contributed by atoms with Crippen molar-refractivity contribution in [1.82, 2.24) is 9.80 Å². The molecule has 0 aromatic heterocycles. The van der Waals surface area contributed by atoms with Crippen LogP contribution in [0, 0.1) is 12.8 Å². The van der Waals surface area contributed by atoms with Crippen molar-refractivity contribution >= 4 is 5.91 Å². The van der Waals surface area contributed by atoms with Crippen LogP contribution in [0.3, 0.4) is 0 Å². The van der Waals surface area contributed by atoms with E-state index in [2.05, 4.69) is 4.90 Å². The number of aliphatic hydroxyl groups excluding tert-OH is 1. The van der Waals surface area contributed by atoms with Gasteiger partial charge in [0, 0.05) is 27.1 Å². The average molecular weight is 334 g/mol. The highest BCUT2D eigenvalue weighted by Gasteiger charge is 2.23. The van der Waals surface area contributed by atoms with Gasteiger partial charge in [0.05, 0.1) is 0 Å². The molecule has 1 fully saturated rings. The monoisotopic (exact) mass is 334 g/mol. The van der Waals surface area contributed by atoms with Gasteiger partial charge in [0.15, 0.2) is 0 Å². The predicted molar refractivity (Wildman–Crippen MR) is 95.2 cm³/mol. The Morgan fingerprint density at radius 3 is 2.71 bits per heavy atom. The zero-order valence-corrected chi connectivity index (χ0v) is 15.1. The first-order chi connectivity index (χ1) is 11.4. The lowest BCUT2D eigenvalue weighted by atomic mass is 9.93. The summed E-state index contributed by atoms with van der Waals surface area (Å²) >= 11 is 0. The maximum atomic E-state index is 11.8. The summed E-state index contributed by atoms with van der Waals surface area (Å²) in [5, 5.41) is 10.2. The van der Waals surface area contributed by atoms with Crippen LogP contribution in [0.2, 0.25) is 0 Å². The SMILES string of the molecule is Cc1cccc(OCC(O)CN2CCC(CC(=O)N(C)C)CC2)c1. The highest BCUT2D eigenvalue weighted by atomic mass is 16.5. The number of β-amino-alcohol motifs (C(OH)–C–C–N with tert-alkyl or cyclic N) is 1. The van der Waals surface area contributed by atoms with Gasteiger partial charge in [-0.05, 0) is 56.5 Å². The maximum Gasteiger partial charge on any atom is 0.222 e. The van der Waals surface area contributed by atoms with E-state index >= 15 is 0 Å². The van der Waals surface area contributed by atoms with Crippen LogP contribution in [0.4, 0.5) is 0 Å². The van der Waals surface area contributed by atoms with Crippen molar-refractivity contribution in [3.8, 4) is 5.75 Å². The molecule has 1 amide bonds. The molecule has 1 aliphatic heterocycles. The molecule has 5 heteroatoms. The standard InChI is InChI=1S/C19H30N2O3/c1-15-5-4-6-18(11-15)24-14-17(22)13-21-9-7-16(8-10-21)12-19(23)20(2)3/h4-6,11,16-17,22H,7-10,12-14H2,1-3H3. The van der Waals surface area contributed by atoms with Crippen molar-refractivity contribution in [2.24, 2.45) is 5.92 Å². The Kier molecular flexibility index (Phi) is 7.06. The Labute approximate surface area is 145 Å². The number of carbonyl (C=O) groups excluding carboxylic acids is 1. The van der Waals surface area contributed by atoms with Gasteiger partial charge in [-0.3, -0.25) is 4.79 Å². The number of rotatable bonds is 7. The van der Waals surface area contributed by atoms with Crippen LogP contribution in [-0.4, -0.2) is 67.3 Å². The van der Waals surface area contributed by atoms with Gasteiger partial charge in [-0.25, -0.2) is 0 Å². The first-order valence-electron chi connectivity index (χ1n) is 8.74. The van der Waals surface area contributed by atoms with E-state index in [0.717, 1.165) is 37.2 Å². The Morgan fingerprint density at radius 2 is 2.08 bits per heavy atom. The minimum atomic E-state index is -0.495. The van der Waals surface area contributed by atoms with E-state index in [9.17, 15) is 9.90 Å². The van der Waals surface area contributed by atoms with Crippen molar-refractivity contribution < 1.29 is 14.6 Å². The van der Waals surface area contributed by atoms with Crippen LogP contribution < -0.4 is 4.74 Å². The third kappa shape index (κ3) is 6.13. The molecule has 1 aliphatic rings. The van der Waals surface area contributed by atoms with Gasteiger partial charge < -0.3 is 19.6 Å². The third-order valence-electron chi connectivity index (χ3n) is 4.57. The number of benzene rings is 1. The van der Waals surface area contributed by atoms with E-state index in [4.69, 9.17) is 4.74 Å². The van der Waals surface area contributed by atoms with Crippen molar-refractivity contribution in [2.75, 3.05) is 40.3 Å². The molecule has 1 saturated heterocycles. The first kappa shape index (κ1) is 18.7. The van der Waals surface area contributed by atoms with Crippen LogP contribution in [-0.2, 0) is 4.79 Å². The van der Waals surface area contributed by atoms with Crippen LogP contribution in [0.1, 0.15) is 24.8 Å². The van der Waals surface area contributed by atoms with E-state index in [-0.39, 0.29) is 5.91 Å². The number of aryl methyl sites for hydroxylation is 1. The largest absolute Gasteiger partial charge is 0.491 e. The second-order valence-electron chi connectivity index (χ2n) is 7.02. The molecule has 1 N–H and O–H groups in total. The zero-order chi connectivity index (χ0) is 17.5. The van der Waals surface area contributed by atoms with E-state index < -0.39 is 6.10 Å². The molecule has 0 saturated carbocycles. The average Bonchev–Trinajstić information content (AvgIpc) is 2.55. The fraction of sp³-hybridized carbons (Fsp3) is 0.632. The van der Waals surface area contributed by atoms with Gasteiger partial charge in [0.2, 0.25) is 5.91 Å². The van der Waals surface area contributed by atoms with Gasteiger partial charge in [-0.1, -0.05) is 12.1 Å². The van der Waals surface area contributed by atoms with Crippen LogP contribution in [0.25, 0.3) is 0 Å². The molecule has 0 radical (unpaired) electrons. The highest BCUT2D eigenvalue weighted by molar-refractivity contribution is 5.75. The molecule has 134 valence electrons. The predicted octanol–water partition coefficient (Wildman–Crippen LogP) is 1.93. The first-order valence-corrected chi connectivity index (χ1v) is 8.74. The molecule has 0 spiro atoms. The number of hydrogen-bond acceptors (Lipinski definition) is 4. The number of nitrogens with zero attached hydrogens (tertiary/aromatic N) is 2. The summed E-state index contributed by atoms with van der Waals surface area (Å²) in [7, 11) is 3.62. The Balaban J connectivity index is 1.66. The Morgan fingerprint density at radius 1 is 1.38 bits per heavy atom. The summed E-state index contributed by atoms with van der Waals surface area (Å²) in [5.41, 5.74) is 1.15. The van der Waals surface area contributed by atoms with Crippen LogP contribution >= 0.6 is 0 Å². The van der Waals surface area contributed by atoms with E-state index in [0.29, 0.717) is 25.5 Å². The van der Waals surface area contributed by atoms with Crippen LogP contribution in [0.15, 0.2) is 24.3 Å². The fourth-order valence-corrected chi connectivity index (χ4v) is 3.05. The quantitative estimate of drug-likeness (QED) is 0.828. The third-order valence-corrected chi connectivity index (χ3v) is 4.57. The molecule has 0 aliphatic carbocycles. The molecule has 1 heterocycles. The van der Waals surface area contributed by atoms with E-state index in [1.54, 1.807) is 4.90 Å². The highest BCUT2D eigenvalue weighted by Crippen LogP contribution is 2.21. The summed E-state index contributed by atoms with van der Waals surface area (Å²) < 4.78 is 5.66. The number of hydrogen-bond donors (Lipinski definition) is 1. The molecular formula is C19H30N2O3. The number of amides is 1. The summed E-state index contributed by atoms with van der Waals surface area (Å²) in [6, 6.07) is 7.86. The summed E-state index contributed by atoms with van der Waals surface area (Å²) in [5.74, 6) is 1.48. The van der Waals surface area contributed by atoms with Gasteiger partial charge >= 0.3 is 0 Å². The summed E-state index contributed by atoms with van der Waals surface area (Å²) in [6.07, 6.45) is 2.18. The minimum absolute atomic E-state index is 0.208. The topological polar surface area (TPSA) is 53.0 Å². The number of likely N-dealkylation sites (tertiary alicyclic amines) is 1. The van der Waals surface area contributed by atoms with Gasteiger partial charge in [0.1, 0.15) is 18.5 Å². The molecule has 1 atom stereocenters. The molecule has 0 bridgehead atoms. The number of aliphatic hydroxyl groups is 1. The van der Waals surface area contributed by atoms with Gasteiger partial charge in [-0.2, -0.15) is 0 Å². The van der Waals surface area contributed by atoms with E-state index in [1.807, 2.05) is 45.3 Å². The second kappa shape index (κ2) is 9.04. The molecule has 1 aromatic rings. The summed E-state index contributed by atoms with van der Waals surface area (Å²) in [6.45, 7) is 4.83. The van der Waals surface area contributed by atoms with Crippen LogP contribution in [0.5, 0.6) is 5.75 Å². The lowest BCUT2D eigenvalue weighted by Gasteiger charge is -2.33. The van der Waals surface area contributed by atoms with E-state index in [1.165, 1.54) is 0 Å². The van der Waals surface area contributed by atoms with Gasteiger partial charge in [-0.15, -0.1) is 0 Å². The van der Waals surface area contributed by atoms with Crippen molar-refractivity contribution in [3.63, 3.8) is 0 Å². The molecule has 5 nitrogen and oxygen atoms in total. The Bertz CT molecular complexity index is 525. The molecule has 1 unspecified atom stereocenters. The lowest BCUT2D eigenvalue weighted by Crippen LogP contribution is -2.41. The molecular weight excluding hydrogens is 304 g/mol. The lowest BCUT2D eigenvalue weighted by molar-refractivity contribution is -0.130. The molecule has 1 aromatic carbocycles. The minimum Gasteiger partial charge on any atom is -0.491 e. The number of carbonyl (C=O) groups is 1. The maximum absolute atomic E-state index is 11.8. The van der Waals surface area contributed by atoms with Crippen molar-refractivity contribution in [2.45, 2.75) is 32.3 Å². The molecule has 24 heavy (non-hydrogen) atoms. The van der Waals surface area contributed by atoms with Gasteiger partial charge in [0.25, 0.3) is 0 Å². The summed E-state index contributed by atoms with van der Waals surface area (Å²) in [4.78, 5) is 15.7. The second-order valence-corrected chi connectivity index (χ2v) is 7.02. The zero-order valence-electron chi connectivity index (χ0n) is 15.1.